The molecule has 0 radical (unpaired) electrons. The minimum Gasteiger partial charge on any atom is -0.388 e. The summed E-state index contributed by atoms with van der Waals surface area (Å²) >= 11 is 1.82. The molecule has 4 aliphatic rings. The molecule has 1 aromatic heterocycles. The molecule has 5 rings (SSSR count). The molecule has 0 spiro atoms. The van der Waals surface area contributed by atoms with Crippen molar-refractivity contribution in [3.8, 4) is 0 Å². The zero-order valence-electron chi connectivity index (χ0n) is 12.5. The van der Waals surface area contributed by atoms with E-state index in [-0.39, 0.29) is 6.10 Å². The molecule has 0 amide bonds. The summed E-state index contributed by atoms with van der Waals surface area (Å²) in [7, 11) is 0. The quantitative estimate of drug-likeness (QED) is 0.831. The molecule has 4 saturated carbocycles. The van der Waals surface area contributed by atoms with Crippen LogP contribution >= 0.6 is 11.3 Å². The molecule has 110 valence electrons. The molecule has 2 heteroatoms. The van der Waals surface area contributed by atoms with E-state index in [4.69, 9.17) is 0 Å². The van der Waals surface area contributed by atoms with E-state index < -0.39 is 0 Å². The van der Waals surface area contributed by atoms with Crippen molar-refractivity contribution in [3.63, 3.8) is 0 Å². The first-order chi connectivity index (χ1) is 9.66. The third-order valence-electron chi connectivity index (χ3n) is 6.15. The average molecular weight is 290 g/mol. The lowest BCUT2D eigenvalue weighted by molar-refractivity contribution is -0.0760. The Morgan fingerprint density at radius 1 is 1.15 bits per heavy atom. The molecule has 0 aromatic carbocycles. The largest absolute Gasteiger partial charge is 0.388 e. The smallest absolute Gasteiger partial charge is 0.0887 e. The summed E-state index contributed by atoms with van der Waals surface area (Å²) < 4.78 is 0. The predicted molar refractivity (Wildman–Crippen MR) is 83.9 cm³/mol. The van der Waals surface area contributed by atoms with Crippen LogP contribution < -0.4 is 0 Å². The van der Waals surface area contributed by atoms with Crippen LogP contribution in [-0.2, 0) is 6.42 Å². The molecular formula is C18H26OS. The molecule has 4 fully saturated rings. The van der Waals surface area contributed by atoms with Gasteiger partial charge in [0.2, 0.25) is 0 Å². The maximum atomic E-state index is 10.7. The van der Waals surface area contributed by atoms with Crippen molar-refractivity contribution in [1.29, 1.82) is 0 Å². The van der Waals surface area contributed by atoms with E-state index in [0.717, 1.165) is 30.6 Å². The number of hydrogen-bond donors (Lipinski definition) is 1. The molecule has 0 aliphatic heterocycles. The Labute approximate surface area is 126 Å². The second-order valence-electron chi connectivity index (χ2n) is 7.80. The first-order valence-corrected chi connectivity index (χ1v) is 9.24. The molecule has 1 N–H and O–H groups in total. The monoisotopic (exact) mass is 290 g/mol. The molecule has 1 nitrogen and oxygen atoms in total. The molecule has 20 heavy (non-hydrogen) atoms. The van der Waals surface area contributed by atoms with E-state index in [1.54, 1.807) is 0 Å². The second-order valence-corrected chi connectivity index (χ2v) is 9.00. The van der Waals surface area contributed by atoms with Crippen LogP contribution in [0.5, 0.6) is 0 Å². The van der Waals surface area contributed by atoms with Crippen molar-refractivity contribution in [2.45, 2.75) is 64.4 Å². The van der Waals surface area contributed by atoms with Gasteiger partial charge in [0, 0.05) is 9.75 Å². The highest BCUT2D eigenvalue weighted by Gasteiger charge is 2.51. The van der Waals surface area contributed by atoms with E-state index in [9.17, 15) is 5.11 Å². The van der Waals surface area contributed by atoms with Gasteiger partial charge in [-0.3, -0.25) is 0 Å². The van der Waals surface area contributed by atoms with Crippen LogP contribution in [0.4, 0.5) is 0 Å². The van der Waals surface area contributed by atoms with Crippen LogP contribution in [0.25, 0.3) is 0 Å². The third kappa shape index (κ3) is 2.25. The highest BCUT2D eigenvalue weighted by atomic mass is 32.1. The molecule has 4 bridgehead atoms. The van der Waals surface area contributed by atoms with Gasteiger partial charge in [0.05, 0.1) is 6.10 Å². The predicted octanol–water partition coefficient (Wildman–Crippen LogP) is 4.95. The Morgan fingerprint density at radius 3 is 2.25 bits per heavy atom. The van der Waals surface area contributed by atoms with Gasteiger partial charge in [-0.2, -0.15) is 0 Å². The fourth-order valence-corrected chi connectivity index (χ4v) is 6.75. The summed E-state index contributed by atoms with van der Waals surface area (Å²) in [5.74, 6) is 2.97. The molecule has 4 aliphatic carbocycles. The maximum Gasteiger partial charge on any atom is 0.0887 e. The van der Waals surface area contributed by atoms with Gasteiger partial charge in [-0.1, -0.05) is 6.92 Å². The Hall–Kier alpha value is -0.340. The van der Waals surface area contributed by atoms with Gasteiger partial charge in [-0.05, 0) is 86.7 Å². The van der Waals surface area contributed by atoms with Gasteiger partial charge in [0.25, 0.3) is 0 Å². The summed E-state index contributed by atoms with van der Waals surface area (Å²) in [5, 5.41) is 10.7. The lowest BCUT2D eigenvalue weighted by Gasteiger charge is -2.57. The van der Waals surface area contributed by atoms with Crippen molar-refractivity contribution in [3.05, 3.63) is 21.9 Å². The van der Waals surface area contributed by atoms with E-state index in [2.05, 4.69) is 19.1 Å². The van der Waals surface area contributed by atoms with E-state index in [1.807, 2.05) is 11.3 Å². The lowest BCUT2D eigenvalue weighted by atomic mass is 9.48. The van der Waals surface area contributed by atoms with Crippen molar-refractivity contribution in [2.24, 2.45) is 23.2 Å². The molecule has 1 heterocycles. The second kappa shape index (κ2) is 4.84. The normalized spacial score (nSPS) is 40.2. The molecular weight excluding hydrogens is 264 g/mol. The fourth-order valence-electron chi connectivity index (χ4n) is 5.81. The topological polar surface area (TPSA) is 20.2 Å². The van der Waals surface area contributed by atoms with Gasteiger partial charge in [-0.25, -0.2) is 0 Å². The summed E-state index contributed by atoms with van der Waals surface area (Å²) in [4.78, 5) is 2.61. The van der Waals surface area contributed by atoms with Crippen molar-refractivity contribution in [2.75, 3.05) is 0 Å². The van der Waals surface area contributed by atoms with Gasteiger partial charge in [-0.15, -0.1) is 11.3 Å². The Bertz CT molecular complexity index is 454. The zero-order chi connectivity index (χ0) is 13.7. The Morgan fingerprint density at radius 2 is 1.75 bits per heavy atom. The average Bonchev–Trinajstić information content (AvgIpc) is 2.85. The van der Waals surface area contributed by atoms with Crippen LogP contribution in [0, 0.1) is 23.2 Å². The van der Waals surface area contributed by atoms with Crippen LogP contribution in [0.1, 0.15) is 67.7 Å². The summed E-state index contributed by atoms with van der Waals surface area (Å²) in [6.45, 7) is 2.20. The first-order valence-electron chi connectivity index (χ1n) is 8.42. The number of thiophene rings is 1. The number of aliphatic hydroxyl groups is 1. The van der Waals surface area contributed by atoms with E-state index >= 15 is 0 Å². The SMILES string of the molecule is CCc1ccc(C(O)CC23CC4CC(CC(C4)C2)C3)s1. The molecule has 1 atom stereocenters. The van der Waals surface area contributed by atoms with Gasteiger partial charge >= 0.3 is 0 Å². The van der Waals surface area contributed by atoms with Crippen LogP contribution in [-0.4, -0.2) is 5.11 Å². The minimum atomic E-state index is -0.212. The molecule has 0 saturated heterocycles. The van der Waals surface area contributed by atoms with Crippen molar-refractivity contribution >= 4 is 11.3 Å². The van der Waals surface area contributed by atoms with Crippen molar-refractivity contribution in [1.82, 2.24) is 0 Å². The zero-order valence-corrected chi connectivity index (χ0v) is 13.3. The summed E-state index contributed by atoms with van der Waals surface area (Å²) in [5.41, 5.74) is 0.491. The fraction of sp³-hybridized carbons (Fsp3) is 0.778. The van der Waals surface area contributed by atoms with Crippen LogP contribution in [0.3, 0.4) is 0 Å². The molecule has 1 aromatic rings. The number of aryl methyl sites for hydroxylation is 1. The number of aliphatic hydroxyl groups excluding tert-OH is 1. The van der Waals surface area contributed by atoms with Crippen molar-refractivity contribution < 1.29 is 5.11 Å². The first kappa shape index (κ1) is 13.3. The number of rotatable bonds is 4. The Kier molecular flexibility index (Phi) is 3.23. The number of hydrogen-bond acceptors (Lipinski definition) is 2. The van der Waals surface area contributed by atoms with Crippen LogP contribution in [0.2, 0.25) is 0 Å². The van der Waals surface area contributed by atoms with E-state index in [1.165, 1.54) is 48.3 Å². The maximum absolute atomic E-state index is 10.7. The highest BCUT2D eigenvalue weighted by Crippen LogP contribution is 2.62. The lowest BCUT2D eigenvalue weighted by Crippen LogP contribution is -2.46. The van der Waals surface area contributed by atoms with Crippen LogP contribution in [0.15, 0.2) is 12.1 Å². The van der Waals surface area contributed by atoms with Gasteiger partial charge < -0.3 is 5.11 Å². The highest BCUT2D eigenvalue weighted by molar-refractivity contribution is 7.12. The van der Waals surface area contributed by atoms with Gasteiger partial charge in [0.1, 0.15) is 0 Å². The summed E-state index contributed by atoms with van der Waals surface area (Å²) in [6.07, 6.45) is 10.6. The minimum absolute atomic E-state index is 0.212. The third-order valence-corrected chi connectivity index (χ3v) is 7.48. The standard InChI is InChI=1S/C18H26OS/c1-2-15-3-4-17(20-15)16(19)11-18-8-12-5-13(9-18)7-14(6-12)10-18/h3-4,12-14,16,19H,2,5-11H2,1H3. The van der Waals surface area contributed by atoms with Gasteiger partial charge in [0.15, 0.2) is 0 Å². The van der Waals surface area contributed by atoms with E-state index in [0.29, 0.717) is 5.41 Å². The summed E-state index contributed by atoms with van der Waals surface area (Å²) in [6, 6.07) is 4.36. The Balaban J connectivity index is 1.50. The molecule has 1 unspecified atom stereocenters.